The van der Waals surface area contributed by atoms with Crippen LogP contribution in [0.1, 0.15) is 41.7 Å². The molecule has 1 unspecified atom stereocenters. The minimum atomic E-state index is -0.276. The quantitative estimate of drug-likeness (QED) is 0.545. The Morgan fingerprint density at radius 3 is 2.62 bits per heavy atom. The Bertz CT molecular complexity index is 939. The predicted molar refractivity (Wildman–Crippen MR) is 113 cm³/mol. The van der Waals surface area contributed by atoms with Crippen molar-refractivity contribution >= 4 is 11.7 Å². The number of aryl methyl sites for hydroxylation is 2. The van der Waals surface area contributed by atoms with Crippen molar-refractivity contribution in [3.63, 3.8) is 0 Å². The van der Waals surface area contributed by atoms with Gasteiger partial charge in [0.05, 0.1) is 12.6 Å². The van der Waals surface area contributed by atoms with Crippen molar-refractivity contribution in [2.24, 2.45) is 0 Å². The fraction of sp³-hybridized carbons (Fsp3) is 0.318. The smallest absolute Gasteiger partial charge is 0.319 e. The van der Waals surface area contributed by atoms with Gasteiger partial charge in [-0.05, 0) is 49.9 Å². The molecule has 0 aliphatic heterocycles. The van der Waals surface area contributed by atoms with E-state index in [0.717, 1.165) is 22.8 Å². The van der Waals surface area contributed by atoms with Gasteiger partial charge in [0.2, 0.25) is 0 Å². The predicted octanol–water partition coefficient (Wildman–Crippen LogP) is 3.58. The van der Waals surface area contributed by atoms with Crippen molar-refractivity contribution in [3.8, 4) is 0 Å². The Labute approximate surface area is 170 Å². The minimum absolute atomic E-state index is 0.0931. The van der Waals surface area contributed by atoms with E-state index in [2.05, 4.69) is 20.7 Å². The number of rotatable bonds is 8. The van der Waals surface area contributed by atoms with Gasteiger partial charge in [-0.25, -0.2) is 14.5 Å². The largest absolute Gasteiger partial charge is 0.396 e. The molecule has 3 aromatic rings. The molecule has 0 aliphatic rings. The fourth-order valence-corrected chi connectivity index (χ4v) is 3.26. The summed E-state index contributed by atoms with van der Waals surface area (Å²) in [5, 5.41) is 19.5. The standard InChI is InChI=1S/C22H27N5O2/c1-16-23-17(2)27(26-16)15-18-8-6-11-20(14-18)24-22(29)25-21(12-7-13-28)19-9-4-3-5-10-19/h3-6,8-11,14,21,28H,7,12-13,15H2,1-2H3,(H2,24,25,29). The van der Waals surface area contributed by atoms with Crippen LogP contribution in [0.15, 0.2) is 54.6 Å². The molecule has 1 atom stereocenters. The number of carbonyl (C=O) groups is 1. The zero-order valence-corrected chi connectivity index (χ0v) is 16.8. The van der Waals surface area contributed by atoms with Crippen LogP contribution in [0.4, 0.5) is 10.5 Å². The molecule has 0 fully saturated rings. The van der Waals surface area contributed by atoms with Crippen LogP contribution in [0.3, 0.4) is 0 Å². The highest BCUT2D eigenvalue weighted by Gasteiger charge is 2.14. The van der Waals surface area contributed by atoms with Crippen LogP contribution >= 0.6 is 0 Å². The van der Waals surface area contributed by atoms with Crippen molar-refractivity contribution < 1.29 is 9.90 Å². The number of aromatic nitrogens is 3. The topological polar surface area (TPSA) is 92.1 Å². The molecule has 29 heavy (non-hydrogen) atoms. The SMILES string of the molecule is Cc1nc(C)n(Cc2cccc(NC(=O)NC(CCCO)c3ccccc3)c2)n1. The van der Waals surface area contributed by atoms with Crippen LogP contribution < -0.4 is 10.6 Å². The third kappa shape index (κ3) is 5.89. The average molecular weight is 393 g/mol. The molecule has 3 rings (SSSR count). The summed E-state index contributed by atoms with van der Waals surface area (Å²) < 4.78 is 1.84. The van der Waals surface area contributed by atoms with E-state index in [0.29, 0.717) is 25.1 Å². The van der Waals surface area contributed by atoms with Crippen LogP contribution in [-0.4, -0.2) is 32.5 Å². The van der Waals surface area contributed by atoms with Crippen LogP contribution in [0, 0.1) is 13.8 Å². The first-order chi connectivity index (χ1) is 14.0. The number of aliphatic hydroxyl groups excluding tert-OH is 1. The number of anilines is 1. The highest BCUT2D eigenvalue weighted by atomic mass is 16.3. The molecular formula is C22H27N5O2. The second-order valence-corrected chi connectivity index (χ2v) is 6.99. The normalized spacial score (nSPS) is 11.8. The zero-order valence-electron chi connectivity index (χ0n) is 16.8. The van der Waals surface area contributed by atoms with Gasteiger partial charge in [-0.15, -0.1) is 0 Å². The van der Waals surface area contributed by atoms with Crippen LogP contribution in [0.5, 0.6) is 0 Å². The molecule has 0 radical (unpaired) electrons. The second kappa shape index (κ2) is 9.84. The summed E-state index contributed by atoms with van der Waals surface area (Å²) in [6, 6.07) is 17.0. The summed E-state index contributed by atoms with van der Waals surface area (Å²) in [4.78, 5) is 16.9. The summed E-state index contributed by atoms with van der Waals surface area (Å²) in [5.41, 5.74) is 2.75. The highest BCUT2D eigenvalue weighted by Crippen LogP contribution is 2.19. The Kier molecular flexibility index (Phi) is 6.97. The lowest BCUT2D eigenvalue weighted by molar-refractivity contribution is 0.244. The lowest BCUT2D eigenvalue weighted by Gasteiger charge is -2.19. The van der Waals surface area contributed by atoms with E-state index in [9.17, 15) is 4.79 Å². The molecule has 0 bridgehead atoms. The number of urea groups is 1. The fourth-order valence-electron chi connectivity index (χ4n) is 3.26. The van der Waals surface area contributed by atoms with Gasteiger partial charge >= 0.3 is 6.03 Å². The third-order valence-electron chi connectivity index (χ3n) is 4.64. The van der Waals surface area contributed by atoms with Crippen LogP contribution in [-0.2, 0) is 6.54 Å². The van der Waals surface area contributed by atoms with Gasteiger partial charge in [-0.1, -0.05) is 42.5 Å². The van der Waals surface area contributed by atoms with Gasteiger partial charge in [0.25, 0.3) is 0 Å². The maximum Gasteiger partial charge on any atom is 0.319 e. The molecule has 0 saturated heterocycles. The molecule has 2 amide bonds. The lowest BCUT2D eigenvalue weighted by Crippen LogP contribution is -2.32. The molecule has 1 heterocycles. The van der Waals surface area contributed by atoms with Gasteiger partial charge in [-0.2, -0.15) is 5.10 Å². The van der Waals surface area contributed by atoms with E-state index in [1.807, 2.05) is 73.1 Å². The van der Waals surface area contributed by atoms with Crippen molar-refractivity contribution in [2.45, 2.75) is 39.3 Å². The maximum atomic E-state index is 12.6. The van der Waals surface area contributed by atoms with Gasteiger partial charge in [-0.3, -0.25) is 0 Å². The Balaban J connectivity index is 1.65. The average Bonchev–Trinajstić information content (AvgIpc) is 3.02. The third-order valence-corrected chi connectivity index (χ3v) is 4.64. The van der Waals surface area contributed by atoms with Gasteiger partial charge in [0, 0.05) is 12.3 Å². The second-order valence-electron chi connectivity index (χ2n) is 6.99. The molecule has 7 nitrogen and oxygen atoms in total. The lowest BCUT2D eigenvalue weighted by atomic mass is 10.0. The van der Waals surface area contributed by atoms with E-state index in [1.165, 1.54) is 0 Å². The molecule has 2 aromatic carbocycles. The number of carbonyl (C=O) groups excluding carboxylic acids is 1. The number of hydrogen-bond acceptors (Lipinski definition) is 4. The number of nitrogens with one attached hydrogen (secondary N) is 2. The Morgan fingerprint density at radius 2 is 1.93 bits per heavy atom. The molecule has 3 N–H and O–H groups in total. The molecule has 152 valence electrons. The Morgan fingerprint density at radius 1 is 1.14 bits per heavy atom. The van der Waals surface area contributed by atoms with Crippen molar-refractivity contribution in [3.05, 3.63) is 77.4 Å². The number of hydrogen-bond donors (Lipinski definition) is 3. The molecular weight excluding hydrogens is 366 g/mol. The number of aliphatic hydroxyl groups is 1. The maximum absolute atomic E-state index is 12.6. The van der Waals surface area contributed by atoms with Crippen LogP contribution in [0.25, 0.3) is 0 Å². The summed E-state index contributed by atoms with van der Waals surface area (Å²) >= 11 is 0. The van der Waals surface area contributed by atoms with E-state index < -0.39 is 0 Å². The molecule has 0 saturated carbocycles. The van der Waals surface area contributed by atoms with Crippen molar-refractivity contribution in [1.82, 2.24) is 20.1 Å². The first-order valence-corrected chi connectivity index (χ1v) is 9.75. The zero-order chi connectivity index (χ0) is 20.6. The first-order valence-electron chi connectivity index (χ1n) is 9.75. The van der Waals surface area contributed by atoms with Crippen molar-refractivity contribution in [2.75, 3.05) is 11.9 Å². The Hall–Kier alpha value is -3.19. The number of amides is 2. The molecule has 7 heteroatoms. The van der Waals surface area contributed by atoms with Crippen molar-refractivity contribution in [1.29, 1.82) is 0 Å². The highest BCUT2D eigenvalue weighted by molar-refractivity contribution is 5.89. The molecule has 0 aliphatic carbocycles. The van der Waals surface area contributed by atoms with E-state index >= 15 is 0 Å². The van der Waals surface area contributed by atoms with Crippen LogP contribution in [0.2, 0.25) is 0 Å². The van der Waals surface area contributed by atoms with E-state index in [1.54, 1.807) is 0 Å². The monoisotopic (exact) mass is 393 g/mol. The summed E-state index contributed by atoms with van der Waals surface area (Å²) in [7, 11) is 0. The summed E-state index contributed by atoms with van der Waals surface area (Å²) in [6.45, 7) is 4.47. The van der Waals surface area contributed by atoms with Gasteiger partial charge in [0.15, 0.2) is 0 Å². The minimum Gasteiger partial charge on any atom is -0.396 e. The molecule has 0 spiro atoms. The van der Waals surface area contributed by atoms with E-state index in [-0.39, 0.29) is 18.7 Å². The summed E-state index contributed by atoms with van der Waals surface area (Å²) in [5.74, 6) is 1.60. The number of nitrogens with zero attached hydrogens (tertiary/aromatic N) is 3. The first kappa shape index (κ1) is 20.5. The van der Waals surface area contributed by atoms with Gasteiger partial charge < -0.3 is 15.7 Å². The molecule has 1 aromatic heterocycles. The van der Waals surface area contributed by atoms with Gasteiger partial charge in [0.1, 0.15) is 11.6 Å². The summed E-state index contributed by atoms with van der Waals surface area (Å²) in [6.07, 6.45) is 1.28. The van der Waals surface area contributed by atoms with E-state index in [4.69, 9.17) is 5.11 Å². The number of benzene rings is 2.